The number of rotatable bonds is 14. The van der Waals surface area contributed by atoms with Crippen molar-refractivity contribution in [2.24, 2.45) is 0 Å². The first-order valence-electron chi connectivity index (χ1n) is 13.0. The first-order valence-corrected chi connectivity index (χ1v) is 13.0. The average Bonchev–Trinajstić information content (AvgIpc) is 2.93. The minimum absolute atomic E-state index is 0.480. The molecule has 0 saturated heterocycles. The van der Waals surface area contributed by atoms with Crippen molar-refractivity contribution in [2.75, 3.05) is 20.7 Å². The molecule has 0 bridgehead atoms. The van der Waals surface area contributed by atoms with Crippen LogP contribution in [0.15, 0.2) is 129 Å². The van der Waals surface area contributed by atoms with Gasteiger partial charge in [-0.25, -0.2) is 0 Å². The van der Waals surface area contributed by atoms with Crippen molar-refractivity contribution in [3.8, 4) is 0 Å². The maximum Gasteiger partial charge on any atom is 0.171 e. The van der Waals surface area contributed by atoms with Gasteiger partial charge in [0.2, 0.25) is 0 Å². The van der Waals surface area contributed by atoms with Gasteiger partial charge in [0, 0.05) is 20.3 Å². The maximum absolute atomic E-state index is 8.74. The highest BCUT2D eigenvalue weighted by molar-refractivity contribution is 5.53. The van der Waals surface area contributed by atoms with Crippen molar-refractivity contribution in [3.05, 3.63) is 140 Å². The highest BCUT2D eigenvalue weighted by atomic mass is 16.5. The third-order valence-electron chi connectivity index (χ3n) is 3.91. The number of aliphatic hydroxyl groups is 2. The summed E-state index contributed by atoms with van der Waals surface area (Å²) in [6.07, 6.45) is 25.9. The first-order chi connectivity index (χ1) is 18.4. The Hall–Kier alpha value is -3.44. The van der Waals surface area contributed by atoms with Crippen LogP contribution in [0, 0.1) is 0 Å². The second kappa shape index (κ2) is 31.6. The SMILES string of the molecule is C=CCOCc1ccccc1/C=C/C(O)O.C=C\C=C/C(/C=C\C/C=C/C=C/C=C)=C/N(C)C.CC.CC. The molecule has 0 unspecified atom stereocenters. The zero-order valence-corrected chi connectivity index (χ0v) is 24.5. The Morgan fingerprint density at radius 3 is 2.13 bits per heavy atom. The van der Waals surface area contributed by atoms with E-state index in [2.05, 4.69) is 44.2 Å². The fraction of sp³-hybridized carbons (Fsp3) is 0.294. The van der Waals surface area contributed by atoms with Gasteiger partial charge in [-0.05, 0) is 29.2 Å². The normalized spacial score (nSPS) is 11.2. The summed E-state index contributed by atoms with van der Waals surface area (Å²) in [5.41, 5.74) is 3.07. The average molecular weight is 522 g/mol. The number of nitrogens with zero attached hydrogens (tertiary/aromatic N) is 1. The molecule has 0 amide bonds. The molecule has 0 radical (unpaired) electrons. The highest BCUT2D eigenvalue weighted by Gasteiger charge is 1.98. The van der Waals surface area contributed by atoms with Crippen LogP contribution in [0.2, 0.25) is 0 Å². The lowest BCUT2D eigenvalue weighted by atomic mass is 10.1. The Labute approximate surface area is 233 Å². The largest absolute Gasteiger partial charge is 0.383 e. The molecule has 1 aromatic carbocycles. The topological polar surface area (TPSA) is 52.9 Å². The van der Waals surface area contributed by atoms with E-state index in [1.54, 1.807) is 24.3 Å². The van der Waals surface area contributed by atoms with Crippen molar-refractivity contribution in [1.29, 1.82) is 0 Å². The molecule has 4 heteroatoms. The molecule has 1 aromatic rings. The molecule has 210 valence electrons. The van der Waals surface area contributed by atoms with E-state index in [-0.39, 0.29) is 0 Å². The van der Waals surface area contributed by atoms with Crippen molar-refractivity contribution in [2.45, 2.75) is 47.0 Å². The molecular formula is C34H51NO3. The Morgan fingerprint density at radius 2 is 1.55 bits per heavy atom. The maximum atomic E-state index is 8.74. The lowest BCUT2D eigenvalue weighted by molar-refractivity contribution is 0.00303. The third-order valence-corrected chi connectivity index (χ3v) is 3.91. The molecule has 0 aromatic heterocycles. The van der Waals surface area contributed by atoms with E-state index in [0.29, 0.717) is 13.2 Å². The molecule has 4 nitrogen and oxygen atoms in total. The quantitative estimate of drug-likeness (QED) is 0.112. The van der Waals surface area contributed by atoms with E-state index < -0.39 is 6.29 Å². The number of hydrogen-bond acceptors (Lipinski definition) is 4. The Bertz CT molecular complexity index is 885. The number of ether oxygens (including phenoxy) is 1. The van der Waals surface area contributed by atoms with Crippen LogP contribution in [-0.2, 0) is 11.3 Å². The molecule has 0 saturated carbocycles. The van der Waals surface area contributed by atoms with Gasteiger partial charge in [0.15, 0.2) is 6.29 Å². The molecule has 0 aliphatic carbocycles. The van der Waals surface area contributed by atoms with E-state index in [1.807, 2.05) is 101 Å². The summed E-state index contributed by atoms with van der Waals surface area (Å²) in [5, 5.41) is 17.5. The molecule has 0 spiro atoms. The van der Waals surface area contributed by atoms with Gasteiger partial charge in [0.25, 0.3) is 0 Å². The number of hydrogen-bond donors (Lipinski definition) is 2. The minimum atomic E-state index is -1.43. The van der Waals surface area contributed by atoms with Gasteiger partial charge >= 0.3 is 0 Å². The van der Waals surface area contributed by atoms with E-state index in [1.165, 1.54) is 6.08 Å². The summed E-state index contributed by atoms with van der Waals surface area (Å²) in [6.45, 7) is 19.8. The summed E-state index contributed by atoms with van der Waals surface area (Å²) in [5.74, 6) is 0. The number of aliphatic hydroxyl groups excluding tert-OH is 1. The third kappa shape index (κ3) is 27.2. The molecule has 0 aliphatic rings. The van der Waals surface area contributed by atoms with Crippen molar-refractivity contribution >= 4 is 6.08 Å². The molecule has 0 heterocycles. The van der Waals surface area contributed by atoms with Crippen LogP contribution in [0.1, 0.15) is 45.2 Å². The zero-order valence-electron chi connectivity index (χ0n) is 24.5. The molecule has 1 rings (SSSR count). The number of allylic oxidation sites excluding steroid dienone is 11. The van der Waals surface area contributed by atoms with E-state index >= 15 is 0 Å². The lowest BCUT2D eigenvalue weighted by Gasteiger charge is -2.06. The summed E-state index contributed by atoms with van der Waals surface area (Å²) in [7, 11) is 4.02. The second-order valence-corrected chi connectivity index (χ2v) is 7.15. The summed E-state index contributed by atoms with van der Waals surface area (Å²) in [6, 6.07) is 7.64. The smallest absolute Gasteiger partial charge is 0.171 e. The summed E-state index contributed by atoms with van der Waals surface area (Å²) < 4.78 is 5.34. The van der Waals surface area contributed by atoms with Gasteiger partial charge in [-0.2, -0.15) is 0 Å². The van der Waals surface area contributed by atoms with Crippen LogP contribution in [0.4, 0.5) is 0 Å². The fourth-order valence-electron chi connectivity index (χ4n) is 2.47. The van der Waals surface area contributed by atoms with Crippen LogP contribution < -0.4 is 0 Å². The van der Waals surface area contributed by atoms with Crippen LogP contribution in [-0.4, -0.2) is 42.1 Å². The standard InChI is InChI=1S/C17H23N.C13H16O3.2C2H6/c1-5-7-9-10-11-12-13-15-17(14-8-6-2)16-18(3)4;1-2-9-16-10-12-6-4-3-5-11(12)7-8-13(14)15;2*1-2/h5-11,13-16H,1-2,12H2,3-4H3;2-8,13-15H,1,9-10H2;2*1-2H3/b9-7+,11-10+,14-8-,15-13-,17-16-;8-7+;;. The Morgan fingerprint density at radius 1 is 0.895 bits per heavy atom. The van der Waals surface area contributed by atoms with E-state index in [0.717, 1.165) is 23.1 Å². The van der Waals surface area contributed by atoms with Crippen LogP contribution in [0.5, 0.6) is 0 Å². The predicted octanol–water partition coefficient (Wildman–Crippen LogP) is 8.18. The first kappa shape index (κ1) is 39.1. The van der Waals surface area contributed by atoms with E-state index in [4.69, 9.17) is 14.9 Å². The van der Waals surface area contributed by atoms with Crippen molar-refractivity contribution in [1.82, 2.24) is 4.90 Å². The van der Waals surface area contributed by atoms with Gasteiger partial charge < -0.3 is 19.8 Å². The van der Waals surface area contributed by atoms with Gasteiger partial charge in [-0.1, -0.05) is 138 Å². The van der Waals surface area contributed by atoms with Crippen LogP contribution in [0.25, 0.3) is 6.08 Å². The van der Waals surface area contributed by atoms with Gasteiger partial charge in [-0.15, -0.1) is 6.58 Å². The van der Waals surface area contributed by atoms with Gasteiger partial charge in [0.1, 0.15) is 0 Å². The molecule has 0 atom stereocenters. The van der Waals surface area contributed by atoms with Crippen molar-refractivity contribution < 1.29 is 14.9 Å². The minimum Gasteiger partial charge on any atom is -0.383 e. The van der Waals surface area contributed by atoms with Crippen LogP contribution >= 0.6 is 0 Å². The molecular weight excluding hydrogens is 470 g/mol. The van der Waals surface area contributed by atoms with Crippen LogP contribution in [0.3, 0.4) is 0 Å². The van der Waals surface area contributed by atoms with Gasteiger partial charge in [0.05, 0.1) is 13.2 Å². The number of benzene rings is 1. The predicted molar refractivity (Wildman–Crippen MR) is 170 cm³/mol. The zero-order chi connectivity index (χ0) is 29.4. The fourth-order valence-corrected chi connectivity index (χ4v) is 2.47. The Balaban J connectivity index is -0.000000571. The summed E-state index contributed by atoms with van der Waals surface area (Å²) >= 11 is 0. The molecule has 0 aliphatic heterocycles. The molecule has 2 N–H and O–H groups in total. The monoisotopic (exact) mass is 521 g/mol. The lowest BCUT2D eigenvalue weighted by Crippen LogP contribution is -2.01. The second-order valence-electron chi connectivity index (χ2n) is 7.15. The van der Waals surface area contributed by atoms with Crippen molar-refractivity contribution in [3.63, 3.8) is 0 Å². The van der Waals surface area contributed by atoms with E-state index in [9.17, 15) is 0 Å². The highest BCUT2D eigenvalue weighted by Crippen LogP contribution is 2.12. The summed E-state index contributed by atoms with van der Waals surface area (Å²) in [4.78, 5) is 2.02. The van der Waals surface area contributed by atoms with Gasteiger partial charge in [-0.3, -0.25) is 0 Å². The molecule has 0 fully saturated rings. The Kier molecular flexibility index (Phi) is 32.5. The molecule has 38 heavy (non-hydrogen) atoms.